The molecule has 6 nitrogen and oxygen atoms in total. The summed E-state index contributed by atoms with van der Waals surface area (Å²) in [5, 5.41) is 12.8. The Bertz CT molecular complexity index is 1340. The molecule has 0 N–H and O–H groups in total. The second kappa shape index (κ2) is 10.2. The third kappa shape index (κ3) is 6.21. The molecule has 0 aliphatic heterocycles. The molecule has 2 aromatic heterocycles. The highest BCUT2D eigenvalue weighted by molar-refractivity contribution is 7.12. The van der Waals surface area contributed by atoms with Gasteiger partial charge in [-0.1, -0.05) is 23.3 Å². The predicted octanol–water partition coefficient (Wildman–Crippen LogP) is 5.87. The SMILES string of the molecule is C=N/C=C(\N=CC)c1nnc(C#Cc2cnn(C(C)c3ccc(C(F)(F)F)cc3C(F)(F)F)c2)s1. The van der Waals surface area contributed by atoms with Crippen LogP contribution in [0.3, 0.4) is 0 Å². The summed E-state index contributed by atoms with van der Waals surface area (Å²) in [6.07, 6.45) is -4.18. The number of rotatable bonds is 5. The van der Waals surface area contributed by atoms with Crippen LogP contribution in [0.15, 0.2) is 46.8 Å². The zero-order valence-electron chi connectivity index (χ0n) is 18.2. The topological polar surface area (TPSA) is 68.3 Å². The Morgan fingerprint density at radius 3 is 2.51 bits per heavy atom. The Morgan fingerprint density at radius 1 is 1.14 bits per heavy atom. The van der Waals surface area contributed by atoms with E-state index in [0.29, 0.717) is 27.3 Å². The average Bonchev–Trinajstić information content (AvgIpc) is 3.45. The largest absolute Gasteiger partial charge is 0.416 e. The summed E-state index contributed by atoms with van der Waals surface area (Å²) < 4.78 is 80.5. The van der Waals surface area contributed by atoms with E-state index in [0.717, 1.165) is 17.4 Å². The van der Waals surface area contributed by atoms with Crippen LogP contribution in [0.5, 0.6) is 0 Å². The summed E-state index contributed by atoms with van der Waals surface area (Å²) in [6, 6.07) is 0.527. The molecule has 1 aromatic carbocycles. The van der Waals surface area contributed by atoms with Crippen LogP contribution in [0, 0.1) is 11.8 Å². The first-order valence-corrected chi connectivity index (χ1v) is 10.6. The first-order chi connectivity index (χ1) is 16.4. The van der Waals surface area contributed by atoms with Crippen LogP contribution >= 0.6 is 11.3 Å². The Labute approximate surface area is 199 Å². The standard InChI is InChI=1S/C22H16F6N6S/c1-4-30-18(11-29-3)20-33-32-19(35-20)8-5-14-10-31-34(12-14)13(2)16-7-6-15(21(23,24)25)9-17(16)22(26,27)28/h4,6-7,9-13H,3H2,1-2H3/b18-11-,30-4?. The zero-order valence-corrected chi connectivity index (χ0v) is 19.0. The second-order valence-electron chi connectivity index (χ2n) is 6.93. The highest BCUT2D eigenvalue weighted by atomic mass is 32.1. The minimum atomic E-state index is -4.98. The molecule has 0 saturated heterocycles. The smallest absolute Gasteiger partial charge is 0.270 e. The number of aliphatic imine (C=N–C) groups is 2. The van der Waals surface area contributed by atoms with Crippen LogP contribution in [0.2, 0.25) is 0 Å². The van der Waals surface area contributed by atoms with Gasteiger partial charge in [0.25, 0.3) is 0 Å². The van der Waals surface area contributed by atoms with Crippen LogP contribution in [0.1, 0.15) is 52.2 Å². The van der Waals surface area contributed by atoms with E-state index in [9.17, 15) is 26.3 Å². The van der Waals surface area contributed by atoms with Gasteiger partial charge in [-0.25, -0.2) is 0 Å². The number of alkyl halides is 6. The predicted molar refractivity (Wildman–Crippen MR) is 120 cm³/mol. The fourth-order valence-electron chi connectivity index (χ4n) is 2.97. The average molecular weight is 510 g/mol. The molecule has 1 atom stereocenters. The molecule has 3 rings (SSSR count). The lowest BCUT2D eigenvalue weighted by Gasteiger charge is -2.20. The number of hydrogen-bond donors (Lipinski definition) is 0. The fourth-order valence-corrected chi connectivity index (χ4v) is 3.63. The molecule has 0 saturated carbocycles. The van der Waals surface area contributed by atoms with Crippen molar-refractivity contribution in [2.75, 3.05) is 0 Å². The molecule has 2 heterocycles. The van der Waals surface area contributed by atoms with E-state index in [1.165, 1.54) is 30.2 Å². The Hall–Kier alpha value is -3.79. The van der Waals surface area contributed by atoms with Crippen LogP contribution in [-0.2, 0) is 12.4 Å². The van der Waals surface area contributed by atoms with Gasteiger partial charge in [0, 0.05) is 12.4 Å². The molecule has 0 spiro atoms. The lowest BCUT2D eigenvalue weighted by molar-refractivity contribution is -0.143. The molecule has 1 unspecified atom stereocenters. The van der Waals surface area contributed by atoms with Crippen molar-refractivity contribution < 1.29 is 26.3 Å². The van der Waals surface area contributed by atoms with Crippen LogP contribution < -0.4 is 0 Å². The van der Waals surface area contributed by atoms with E-state index < -0.39 is 29.5 Å². The van der Waals surface area contributed by atoms with Gasteiger partial charge in [0.1, 0.15) is 5.70 Å². The van der Waals surface area contributed by atoms with Gasteiger partial charge in [0.15, 0.2) is 10.0 Å². The van der Waals surface area contributed by atoms with E-state index in [2.05, 4.69) is 43.8 Å². The van der Waals surface area contributed by atoms with Crippen molar-refractivity contribution in [1.82, 2.24) is 20.0 Å². The fraction of sp³-hybridized carbons (Fsp3) is 0.227. The molecule has 13 heteroatoms. The lowest BCUT2D eigenvalue weighted by Crippen LogP contribution is -2.17. The van der Waals surface area contributed by atoms with Crippen molar-refractivity contribution >= 4 is 30.0 Å². The van der Waals surface area contributed by atoms with Gasteiger partial charge in [-0.3, -0.25) is 14.7 Å². The van der Waals surface area contributed by atoms with Gasteiger partial charge in [0.2, 0.25) is 0 Å². The van der Waals surface area contributed by atoms with Gasteiger partial charge in [0.05, 0.1) is 35.1 Å². The summed E-state index contributed by atoms with van der Waals surface area (Å²) >= 11 is 1.15. The molecule has 182 valence electrons. The molecular formula is C22H16F6N6S. The summed E-state index contributed by atoms with van der Waals surface area (Å²) in [7, 11) is 0. The zero-order chi connectivity index (χ0) is 25.8. The monoisotopic (exact) mass is 510 g/mol. The van der Waals surface area contributed by atoms with E-state index in [4.69, 9.17) is 0 Å². The first kappa shape index (κ1) is 25.8. The van der Waals surface area contributed by atoms with Crippen molar-refractivity contribution in [2.24, 2.45) is 9.98 Å². The maximum Gasteiger partial charge on any atom is 0.416 e. The van der Waals surface area contributed by atoms with Crippen LogP contribution in [-0.4, -0.2) is 32.9 Å². The second-order valence-corrected chi connectivity index (χ2v) is 7.91. The van der Waals surface area contributed by atoms with E-state index in [-0.39, 0.29) is 11.6 Å². The number of hydrogen-bond acceptors (Lipinski definition) is 6. The molecule has 0 aliphatic carbocycles. The first-order valence-electron chi connectivity index (χ1n) is 9.77. The molecular weight excluding hydrogens is 494 g/mol. The van der Waals surface area contributed by atoms with Crippen molar-refractivity contribution in [3.8, 4) is 11.8 Å². The summed E-state index contributed by atoms with van der Waals surface area (Å²) in [5.41, 5.74) is -2.29. The van der Waals surface area contributed by atoms with Crippen molar-refractivity contribution in [3.63, 3.8) is 0 Å². The summed E-state index contributed by atoms with van der Waals surface area (Å²) in [5.74, 6) is 5.57. The van der Waals surface area contributed by atoms with Crippen molar-refractivity contribution in [1.29, 1.82) is 0 Å². The number of nitrogens with zero attached hydrogens (tertiary/aromatic N) is 6. The molecule has 0 aliphatic rings. The van der Waals surface area contributed by atoms with Gasteiger partial charge < -0.3 is 0 Å². The lowest BCUT2D eigenvalue weighted by atomic mass is 9.98. The molecule has 0 radical (unpaired) electrons. The van der Waals surface area contributed by atoms with Gasteiger partial charge in [-0.2, -0.15) is 31.4 Å². The number of halogens is 6. The Kier molecular flexibility index (Phi) is 7.54. The quantitative estimate of drug-likeness (QED) is 0.245. The number of aromatic nitrogens is 4. The van der Waals surface area contributed by atoms with Gasteiger partial charge in [-0.05, 0) is 44.2 Å². The molecule has 35 heavy (non-hydrogen) atoms. The minimum Gasteiger partial charge on any atom is -0.270 e. The molecule has 0 amide bonds. The van der Waals surface area contributed by atoms with Crippen molar-refractivity contribution in [3.05, 3.63) is 69.1 Å². The highest BCUT2D eigenvalue weighted by Crippen LogP contribution is 2.39. The van der Waals surface area contributed by atoms with Gasteiger partial charge in [-0.15, -0.1) is 10.2 Å². The Morgan fingerprint density at radius 2 is 1.89 bits per heavy atom. The summed E-state index contributed by atoms with van der Waals surface area (Å²) in [6.45, 7) is 6.49. The number of benzene rings is 1. The van der Waals surface area contributed by atoms with Crippen LogP contribution in [0.4, 0.5) is 26.3 Å². The van der Waals surface area contributed by atoms with Crippen LogP contribution in [0.25, 0.3) is 5.70 Å². The van der Waals surface area contributed by atoms with Gasteiger partial charge >= 0.3 is 12.4 Å². The maximum atomic E-state index is 13.5. The van der Waals surface area contributed by atoms with E-state index in [1.54, 1.807) is 13.1 Å². The van der Waals surface area contributed by atoms with Crippen molar-refractivity contribution in [2.45, 2.75) is 32.2 Å². The molecule has 3 aromatic rings. The highest BCUT2D eigenvalue weighted by Gasteiger charge is 2.39. The maximum absolute atomic E-state index is 13.5. The molecule has 0 fully saturated rings. The van der Waals surface area contributed by atoms with E-state index >= 15 is 0 Å². The Balaban J connectivity index is 1.88. The normalized spacial score (nSPS) is 13.5. The third-order valence-corrected chi connectivity index (χ3v) is 5.44. The summed E-state index contributed by atoms with van der Waals surface area (Å²) in [4.78, 5) is 7.77. The molecule has 0 bridgehead atoms. The van der Waals surface area contributed by atoms with E-state index in [1.807, 2.05) is 0 Å². The minimum absolute atomic E-state index is 0.107. The third-order valence-electron chi connectivity index (χ3n) is 4.57.